The van der Waals surface area contributed by atoms with Crippen molar-refractivity contribution in [2.45, 2.75) is 6.92 Å². The Bertz CT molecular complexity index is 2980. The van der Waals surface area contributed by atoms with Crippen LogP contribution in [0.2, 0.25) is 0 Å². The van der Waals surface area contributed by atoms with Crippen LogP contribution in [0, 0.1) is 0 Å². The highest BCUT2D eigenvalue weighted by atomic mass is 16.3. The zero-order valence-corrected chi connectivity index (χ0v) is 29.3. The van der Waals surface area contributed by atoms with Gasteiger partial charge in [0.1, 0.15) is 22.3 Å². The quantitative estimate of drug-likeness (QED) is 0.120. The van der Waals surface area contributed by atoms with Crippen LogP contribution in [0.5, 0.6) is 0 Å². The fraction of sp³-hybridized carbons (Fsp3) is 0.0667. The average Bonchev–Trinajstić information content (AvgIpc) is 3.75. The SMILES string of the molecule is CCNc1cc2c(cc1Nc1ccccc1Nc1ccc3oc4ccccc4c3c1)n(C)n2-c1ccccc1Nc1ccc2oc3ccccc3c2c1. The first-order valence-corrected chi connectivity index (χ1v) is 17.9. The third-order valence-electron chi connectivity index (χ3n) is 10.00. The zero-order chi connectivity index (χ0) is 35.5. The zero-order valence-electron chi connectivity index (χ0n) is 29.3. The maximum absolute atomic E-state index is 6.07. The summed E-state index contributed by atoms with van der Waals surface area (Å²) < 4.78 is 16.6. The molecule has 0 aliphatic rings. The molecule has 53 heavy (non-hydrogen) atoms. The van der Waals surface area contributed by atoms with Crippen LogP contribution < -0.4 is 21.3 Å². The summed E-state index contributed by atoms with van der Waals surface area (Å²) >= 11 is 0. The third-order valence-corrected chi connectivity index (χ3v) is 10.00. The molecule has 10 rings (SSSR count). The van der Waals surface area contributed by atoms with Crippen molar-refractivity contribution >= 4 is 94.7 Å². The summed E-state index contributed by atoms with van der Waals surface area (Å²) in [6.07, 6.45) is 0. The molecule has 8 nitrogen and oxygen atoms in total. The highest BCUT2D eigenvalue weighted by molar-refractivity contribution is 6.07. The van der Waals surface area contributed by atoms with Gasteiger partial charge in [-0.05, 0) is 91.9 Å². The molecule has 0 aliphatic carbocycles. The van der Waals surface area contributed by atoms with Crippen molar-refractivity contribution in [2.24, 2.45) is 7.05 Å². The van der Waals surface area contributed by atoms with Crippen LogP contribution in [0.1, 0.15) is 6.92 Å². The molecule has 0 bridgehead atoms. The highest BCUT2D eigenvalue weighted by Gasteiger charge is 2.19. The van der Waals surface area contributed by atoms with Crippen LogP contribution in [0.3, 0.4) is 0 Å². The molecule has 0 fully saturated rings. The van der Waals surface area contributed by atoms with Crippen LogP contribution in [0.15, 0.2) is 154 Å². The second-order valence-corrected chi connectivity index (χ2v) is 13.3. The summed E-state index contributed by atoms with van der Waals surface area (Å²) in [5.41, 5.74) is 13.8. The molecular formula is C45H36N6O2. The summed E-state index contributed by atoms with van der Waals surface area (Å²) in [5, 5.41) is 19.1. The monoisotopic (exact) mass is 692 g/mol. The maximum Gasteiger partial charge on any atom is 0.135 e. The summed E-state index contributed by atoms with van der Waals surface area (Å²) in [6, 6.07) is 50.0. The van der Waals surface area contributed by atoms with Gasteiger partial charge in [-0.25, -0.2) is 4.68 Å². The van der Waals surface area contributed by atoms with E-state index in [-0.39, 0.29) is 0 Å². The predicted octanol–water partition coefficient (Wildman–Crippen LogP) is 12.4. The van der Waals surface area contributed by atoms with Crippen molar-refractivity contribution in [3.63, 3.8) is 0 Å². The van der Waals surface area contributed by atoms with Crippen molar-refractivity contribution < 1.29 is 8.83 Å². The van der Waals surface area contributed by atoms with E-state index in [1.807, 2.05) is 48.5 Å². The molecule has 0 unspecified atom stereocenters. The number of anilines is 7. The molecule has 0 amide bonds. The first-order chi connectivity index (χ1) is 26.1. The van der Waals surface area contributed by atoms with Crippen molar-refractivity contribution in [2.75, 3.05) is 27.8 Å². The third kappa shape index (κ3) is 5.22. The molecule has 0 atom stereocenters. The van der Waals surface area contributed by atoms with Gasteiger partial charge < -0.3 is 30.1 Å². The molecule has 0 radical (unpaired) electrons. The Balaban J connectivity index is 0.975. The first-order valence-electron chi connectivity index (χ1n) is 17.9. The predicted molar refractivity (Wildman–Crippen MR) is 220 cm³/mol. The van der Waals surface area contributed by atoms with Gasteiger partial charge in [-0.1, -0.05) is 60.7 Å². The molecular weight excluding hydrogens is 657 g/mol. The molecule has 8 heteroatoms. The topological polar surface area (TPSA) is 84.3 Å². The van der Waals surface area contributed by atoms with Gasteiger partial charge in [0.15, 0.2) is 0 Å². The molecule has 7 aromatic carbocycles. The highest BCUT2D eigenvalue weighted by Crippen LogP contribution is 2.39. The number of hydrogen-bond acceptors (Lipinski definition) is 6. The Labute approximate surface area is 305 Å². The van der Waals surface area contributed by atoms with Gasteiger partial charge in [0.05, 0.1) is 45.2 Å². The van der Waals surface area contributed by atoms with Gasteiger partial charge in [-0.2, -0.15) is 0 Å². The van der Waals surface area contributed by atoms with E-state index in [0.717, 1.165) is 107 Å². The van der Waals surface area contributed by atoms with Gasteiger partial charge in [-0.15, -0.1) is 0 Å². The number of para-hydroxylation sites is 6. The maximum atomic E-state index is 6.07. The Kier molecular flexibility index (Phi) is 7.14. The molecule has 0 saturated heterocycles. The lowest BCUT2D eigenvalue weighted by Gasteiger charge is -2.28. The van der Waals surface area contributed by atoms with Crippen molar-refractivity contribution in [3.05, 3.63) is 146 Å². The summed E-state index contributed by atoms with van der Waals surface area (Å²) in [6.45, 7) is 2.91. The minimum absolute atomic E-state index is 0.783. The number of aromatic nitrogens is 2. The Morgan fingerprint density at radius 2 is 0.962 bits per heavy atom. The second-order valence-electron chi connectivity index (χ2n) is 13.3. The van der Waals surface area contributed by atoms with Crippen LogP contribution in [-0.4, -0.2) is 15.9 Å². The van der Waals surface area contributed by atoms with Crippen LogP contribution in [0.4, 0.5) is 39.8 Å². The lowest BCUT2D eigenvalue weighted by Crippen LogP contribution is -2.20. The summed E-state index contributed by atoms with van der Waals surface area (Å²) in [5.74, 6) is 0. The largest absolute Gasteiger partial charge is 0.456 e. The van der Waals surface area contributed by atoms with E-state index in [1.165, 1.54) is 0 Å². The molecule has 0 aliphatic heterocycles. The minimum Gasteiger partial charge on any atom is -0.456 e. The van der Waals surface area contributed by atoms with Crippen molar-refractivity contribution in [1.82, 2.24) is 9.36 Å². The first kappa shape index (κ1) is 30.7. The Morgan fingerprint density at radius 3 is 1.60 bits per heavy atom. The molecule has 3 aromatic heterocycles. The molecule has 0 saturated carbocycles. The van der Waals surface area contributed by atoms with E-state index in [9.17, 15) is 0 Å². The summed E-state index contributed by atoms with van der Waals surface area (Å²) in [4.78, 5) is 0. The molecule has 0 spiro atoms. The number of fused-ring (bicyclic) bond motifs is 7. The number of furan rings is 2. The van der Waals surface area contributed by atoms with E-state index in [1.54, 1.807) is 0 Å². The number of aryl methyl sites for hydroxylation is 1. The Morgan fingerprint density at radius 1 is 0.453 bits per heavy atom. The minimum atomic E-state index is 0.783. The number of benzene rings is 7. The lowest BCUT2D eigenvalue weighted by molar-refractivity contribution is 0.655. The fourth-order valence-corrected chi connectivity index (χ4v) is 7.49. The lowest BCUT2D eigenvalue weighted by atomic mass is 10.1. The molecule has 10 aromatic rings. The molecule has 3 heterocycles. The normalized spacial score (nSPS) is 11.7. The molecule has 258 valence electrons. The Hall–Kier alpha value is -7.06. The van der Waals surface area contributed by atoms with Crippen LogP contribution in [-0.2, 0) is 7.05 Å². The van der Waals surface area contributed by atoms with Crippen molar-refractivity contribution in [1.29, 1.82) is 0 Å². The van der Waals surface area contributed by atoms with E-state index < -0.39 is 0 Å². The fourth-order valence-electron chi connectivity index (χ4n) is 7.49. The van der Waals surface area contributed by atoms with Crippen LogP contribution >= 0.6 is 0 Å². The summed E-state index contributed by atoms with van der Waals surface area (Å²) in [7, 11) is 2.10. The van der Waals surface area contributed by atoms with Gasteiger partial charge >= 0.3 is 0 Å². The smallest absolute Gasteiger partial charge is 0.135 e. The number of nitrogens with one attached hydrogen (secondary N) is 4. The van der Waals surface area contributed by atoms with Gasteiger partial charge in [0.25, 0.3) is 0 Å². The molecule has 4 N–H and O–H groups in total. The van der Waals surface area contributed by atoms with E-state index in [0.29, 0.717) is 0 Å². The van der Waals surface area contributed by atoms with E-state index in [4.69, 9.17) is 8.83 Å². The van der Waals surface area contributed by atoms with Crippen LogP contribution in [0.25, 0.3) is 60.6 Å². The van der Waals surface area contributed by atoms with Crippen molar-refractivity contribution in [3.8, 4) is 5.69 Å². The second kappa shape index (κ2) is 12.3. The number of rotatable bonds is 9. The van der Waals surface area contributed by atoms with Gasteiger partial charge in [0, 0.05) is 46.5 Å². The number of nitrogens with zero attached hydrogens (tertiary/aromatic N) is 2. The average molecular weight is 693 g/mol. The standard InChI is InChI=1S/C45H36N6O2/c1-3-46-37-26-41-40(27-38(37)49-35-15-7-6-14-34(35)47-28-20-22-44-32(24-28)30-12-4-10-18-42(30)52-44)50(2)51(41)39-17-9-8-16-36(39)48-29-21-23-45-33(25-29)31-13-5-11-19-43(31)53-45/h4-27,46-49H,3H2,1-2H3. The van der Waals surface area contributed by atoms with E-state index >= 15 is 0 Å². The number of hydrogen-bond donors (Lipinski definition) is 4. The van der Waals surface area contributed by atoms with Gasteiger partial charge in [-0.3, -0.25) is 4.68 Å². The van der Waals surface area contributed by atoms with Gasteiger partial charge in [0.2, 0.25) is 0 Å². The van der Waals surface area contributed by atoms with E-state index in [2.05, 4.69) is 142 Å².